The van der Waals surface area contributed by atoms with Gasteiger partial charge < -0.3 is 9.80 Å². The molecule has 2 aliphatic heterocycles. The summed E-state index contributed by atoms with van der Waals surface area (Å²) in [5.41, 5.74) is 11.1. The molecule has 0 saturated carbocycles. The number of para-hydroxylation sites is 4. The summed E-state index contributed by atoms with van der Waals surface area (Å²) in [5, 5.41) is 19.3. The summed E-state index contributed by atoms with van der Waals surface area (Å²) in [6.45, 7) is 0. The Morgan fingerprint density at radius 2 is 0.725 bits per heavy atom. The van der Waals surface area contributed by atoms with E-state index in [4.69, 9.17) is 0 Å². The molecule has 0 fully saturated rings. The second-order valence-corrected chi connectivity index (χ2v) is 14.6. The van der Waals surface area contributed by atoms with Crippen molar-refractivity contribution < 1.29 is 0 Å². The molecule has 0 amide bonds. The van der Waals surface area contributed by atoms with Gasteiger partial charge in [0.15, 0.2) is 0 Å². The molecule has 2 aliphatic rings. The predicted octanol–water partition coefficient (Wildman–Crippen LogP) is 12.5. The summed E-state index contributed by atoms with van der Waals surface area (Å²) < 4.78 is 0. The Hall–Kier alpha value is -6.18. The van der Waals surface area contributed by atoms with Crippen molar-refractivity contribution in [3.8, 4) is 12.1 Å². The van der Waals surface area contributed by atoms with Crippen molar-refractivity contribution in [3.63, 3.8) is 0 Å². The molecule has 7 aromatic rings. The summed E-state index contributed by atoms with van der Waals surface area (Å²) >= 11 is 3.60. The van der Waals surface area contributed by atoms with E-state index < -0.39 is 0 Å². The van der Waals surface area contributed by atoms with Gasteiger partial charge in [0.1, 0.15) is 0 Å². The lowest BCUT2D eigenvalue weighted by Gasteiger charge is -2.36. The molecule has 0 radical (unpaired) electrons. The van der Waals surface area contributed by atoms with Gasteiger partial charge in [0, 0.05) is 36.9 Å². The van der Waals surface area contributed by atoms with Crippen molar-refractivity contribution in [1.82, 2.24) is 0 Å². The lowest BCUT2D eigenvalue weighted by molar-refractivity contribution is 0.972. The summed E-state index contributed by atoms with van der Waals surface area (Å²) in [5.74, 6) is -0.182. The molecule has 7 aromatic carbocycles. The van der Waals surface area contributed by atoms with E-state index in [-0.39, 0.29) is 5.92 Å². The molecule has 240 valence electrons. The highest BCUT2D eigenvalue weighted by atomic mass is 32.2. The van der Waals surface area contributed by atoms with Crippen LogP contribution in [0.1, 0.15) is 33.7 Å². The molecule has 0 bridgehead atoms. The number of anilines is 6. The van der Waals surface area contributed by atoms with Gasteiger partial charge in [0.05, 0.1) is 46.0 Å². The summed E-state index contributed by atoms with van der Waals surface area (Å²) in [4.78, 5) is 9.57. The van der Waals surface area contributed by atoms with E-state index in [2.05, 4.69) is 161 Å². The van der Waals surface area contributed by atoms with Crippen LogP contribution in [0.15, 0.2) is 183 Å². The number of rotatable bonds is 5. The summed E-state index contributed by atoms with van der Waals surface area (Å²) in [7, 11) is 0. The fourth-order valence-electron chi connectivity index (χ4n) is 7.09. The van der Waals surface area contributed by atoms with E-state index in [0.29, 0.717) is 11.1 Å². The third-order valence-corrected chi connectivity index (χ3v) is 11.6. The van der Waals surface area contributed by atoms with E-state index in [1.165, 1.54) is 19.6 Å². The lowest BCUT2D eigenvalue weighted by atomic mass is 9.84. The molecule has 0 saturated heterocycles. The zero-order chi connectivity index (χ0) is 34.3. The highest BCUT2D eigenvalue weighted by Gasteiger charge is 2.30. The fraction of sp³-hybridized carbons (Fsp3) is 0.0222. The Morgan fingerprint density at radius 3 is 1.06 bits per heavy atom. The van der Waals surface area contributed by atoms with Gasteiger partial charge >= 0.3 is 0 Å². The van der Waals surface area contributed by atoms with Crippen LogP contribution in [0.25, 0.3) is 0 Å². The Bertz CT molecular complexity index is 2270. The van der Waals surface area contributed by atoms with Crippen LogP contribution < -0.4 is 9.80 Å². The molecule has 2 heterocycles. The summed E-state index contributed by atoms with van der Waals surface area (Å²) in [6.07, 6.45) is 0. The Balaban J connectivity index is 1.34. The number of nitriles is 2. The Kier molecular flexibility index (Phi) is 7.82. The third-order valence-electron chi connectivity index (χ3n) is 9.39. The average molecular weight is 689 g/mol. The third kappa shape index (κ3) is 5.52. The van der Waals surface area contributed by atoms with Crippen molar-refractivity contribution in [3.05, 3.63) is 192 Å². The molecule has 0 aliphatic carbocycles. The predicted molar refractivity (Wildman–Crippen MR) is 207 cm³/mol. The van der Waals surface area contributed by atoms with Crippen molar-refractivity contribution in [2.24, 2.45) is 0 Å². The molecule has 0 atom stereocenters. The van der Waals surface area contributed by atoms with Gasteiger partial charge in [-0.3, -0.25) is 0 Å². The molecular weight excluding hydrogens is 661 g/mol. The van der Waals surface area contributed by atoms with Crippen LogP contribution in [-0.4, -0.2) is 0 Å². The van der Waals surface area contributed by atoms with Gasteiger partial charge in [-0.05, 0) is 108 Å². The van der Waals surface area contributed by atoms with E-state index in [9.17, 15) is 10.5 Å². The van der Waals surface area contributed by atoms with Crippen LogP contribution in [0.4, 0.5) is 34.1 Å². The maximum Gasteiger partial charge on any atom is 0.0991 e. The quantitative estimate of drug-likeness (QED) is 0.168. The number of hydrogen-bond donors (Lipinski definition) is 0. The van der Waals surface area contributed by atoms with Crippen LogP contribution >= 0.6 is 23.5 Å². The molecule has 4 nitrogen and oxygen atoms in total. The first-order chi connectivity index (χ1) is 25.2. The van der Waals surface area contributed by atoms with Crippen LogP contribution in [0, 0.1) is 22.7 Å². The fourth-order valence-corrected chi connectivity index (χ4v) is 9.20. The average Bonchev–Trinajstić information content (AvgIpc) is 3.19. The van der Waals surface area contributed by atoms with Gasteiger partial charge in [-0.1, -0.05) is 96.3 Å². The van der Waals surface area contributed by atoms with E-state index in [1.54, 1.807) is 23.5 Å². The second-order valence-electron chi connectivity index (χ2n) is 12.4. The summed E-state index contributed by atoms with van der Waals surface area (Å²) in [6, 6.07) is 61.7. The van der Waals surface area contributed by atoms with Crippen LogP contribution in [0.2, 0.25) is 0 Å². The van der Waals surface area contributed by atoms with E-state index in [1.807, 2.05) is 24.3 Å². The van der Waals surface area contributed by atoms with Crippen molar-refractivity contribution >= 4 is 57.6 Å². The molecule has 6 heteroatoms. The molecular formula is C45H28N4S2. The Labute approximate surface area is 305 Å². The largest absolute Gasteiger partial charge is 0.308 e. The van der Waals surface area contributed by atoms with Crippen LogP contribution in [-0.2, 0) is 0 Å². The normalized spacial score (nSPS) is 12.6. The monoisotopic (exact) mass is 688 g/mol. The molecule has 0 spiro atoms. The van der Waals surface area contributed by atoms with Gasteiger partial charge in [-0.25, -0.2) is 0 Å². The van der Waals surface area contributed by atoms with Crippen LogP contribution in [0.5, 0.6) is 0 Å². The lowest BCUT2D eigenvalue weighted by Crippen LogP contribution is -2.18. The minimum Gasteiger partial charge on any atom is -0.308 e. The van der Waals surface area contributed by atoms with Crippen molar-refractivity contribution in [2.75, 3.05) is 9.80 Å². The molecule has 51 heavy (non-hydrogen) atoms. The smallest absolute Gasteiger partial charge is 0.0991 e. The number of nitrogens with zero attached hydrogens (tertiary/aromatic N) is 4. The molecule has 0 N–H and O–H groups in total. The number of fused-ring (bicyclic) bond motifs is 4. The zero-order valence-corrected chi connectivity index (χ0v) is 28.9. The van der Waals surface area contributed by atoms with E-state index in [0.717, 1.165) is 50.8 Å². The SMILES string of the molecule is N#Cc1ccc(C(c2ccc(C#N)cc2)c2cc(N3c4ccccc4Sc4ccccc43)cc(N3c4ccccc4Sc4ccccc43)c2)cc1. The highest BCUT2D eigenvalue weighted by Crippen LogP contribution is 2.55. The zero-order valence-electron chi connectivity index (χ0n) is 27.3. The maximum atomic E-state index is 9.65. The van der Waals surface area contributed by atoms with Gasteiger partial charge in [0.25, 0.3) is 0 Å². The molecule has 0 unspecified atom stereocenters. The topological polar surface area (TPSA) is 54.1 Å². The minimum absolute atomic E-state index is 0.182. The highest BCUT2D eigenvalue weighted by molar-refractivity contribution is 8.00. The van der Waals surface area contributed by atoms with Gasteiger partial charge in [-0.15, -0.1) is 0 Å². The maximum absolute atomic E-state index is 9.65. The number of benzene rings is 7. The number of hydrogen-bond acceptors (Lipinski definition) is 6. The molecule has 9 rings (SSSR count). The first-order valence-electron chi connectivity index (χ1n) is 16.7. The Morgan fingerprint density at radius 1 is 0.392 bits per heavy atom. The van der Waals surface area contributed by atoms with Crippen molar-refractivity contribution in [2.45, 2.75) is 25.5 Å². The minimum atomic E-state index is -0.182. The first kappa shape index (κ1) is 30.8. The van der Waals surface area contributed by atoms with E-state index >= 15 is 0 Å². The van der Waals surface area contributed by atoms with Crippen LogP contribution in [0.3, 0.4) is 0 Å². The molecule has 0 aromatic heterocycles. The van der Waals surface area contributed by atoms with Gasteiger partial charge in [-0.2, -0.15) is 10.5 Å². The first-order valence-corrected chi connectivity index (χ1v) is 18.3. The van der Waals surface area contributed by atoms with Gasteiger partial charge in [0.2, 0.25) is 0 Å². The second kappa shape index (κ2) is 12.9. The standard InChI is InChI=1S/C45H28N4S2/c46-28-30-17-21-32(22-18-30)45(33-23-19-31(29-47)20-24-33)34-25-35(48-37-9-1-5-13-41(37)50-42-14-6-2-10-38(42)48)27-36(26-34)49-39-11-3-7-15-43(39)51-44-16-8-4-12-40(44)49/h1-27,45H. The van der Waals surface area contributed by atoms with Crippen molar-refractivity contribution in [1.29, 1.82) is 10.5 Å².